The summed E-state index contributed by atoms with van der Waals surface area (Å²) in [6.45, 7) is 2.88. The van der Waals surface area contributed by atoms with Crippen LogP contribution in [0, 0.1) is 12.7 Å². The van der Waals surface area contributed by atoms with Crippen molar-refractivity contribution in [2.75, 3.05) is 29.0 Å². The van der Waals surface area contributed by atoms with Gasteiger partial charge in [-0.05, 0) is 61.7 Å². The van der Waals surface area contributed by atoms with Gasteiger partial charge in [-0.1, -0.05) is 0 Å². The van der Waals surface area contributed by atoms with Crippen LogP contribution in [0.3, 0.4) is 0 Å². The zero-order chi connectivity index (χ0) is 23.7. The van der Waals surface area contributed by atoms with Gasteiger partial charge in [-0.3, -0.25) is 9.52 Å². The highest BCUT2D eigenvalue weighted by molar-refractivity contribution is 7.92. The van der Waals surface area contributed by atoms with Crippen molar-refractivity contribution in [2.45, 2.75) is 32.0 Å². The zero-order valence-electron chi connectivity index (χ0n) is 17.5. The van der Waals surface area contributed by atoms with Crippen LogP contribution in [0.2, 0.25) is 0 Å². The van der Waals surface area contributed by atoms with Gasteiger partial charge in [0.05, 0.1) is 11.8 Å². The molecule has 1 heterocycles. The molecule has 0 radical (unpaired) electrons. The molecular formula is C21H23F4N3O3S. The molecule has 1 amide bonds. The Labute approximate surface area is 183 Å². The molecule has 32 heavy (non-hydrogen) atoms. The lowest BCUT2D eigenvalue weighted by Crippen LogP contribution is -2.48. The van der Waals surface area contributed by atoms with E-state index in [-0.39, 0.29) is 23.1 Å². The maximum Gasteiger partial charge on any atom is 0.416 e. The van der Waals surface area contributed by atoms with E-state index in [2.05, 4.69) is 5.32 Å². The largest absolute Gasteiger partial charge is 0.416 e. The fourth-order valence-corrected chi connectivity index (χ4v) is 4.30. The zero-order valence-corrected chi connectivity index (χ0v) is 18.3. The third kappa shape index (κ3) is 6.12. The lowest BCUT2D eigenvalue weighted by Gasteiger charge is -2.35. The van der Waals surface area contributed by atoms with E-state index in [4.69, 9.17) is 0 Å². The number of nitrogens with one attached hydrogen (secondary N) is 2. The maximum atomic E-state index is 13.4. The van der Waals surface area contributed by atoms with E-state index in [1.165, 1.54) is 12.1 Å². The number of piperidine rings is 1. The fraction of sp³-hybridized carbons (Fsp3) is 0.381. The van der Waals surface area contributed by atoms with Crippen molar-refractivity contribution in [3.8, 4) is 0 Å². The quantitative estimate of drug-likeness (QED) is 0.646. The van der Waals surface area contributed by atoms with Crippen LogP contribution >= 0.6 is 0 Å². The minimum atomic E-state index is -4.76. The highest BCUT2D eigenvalue weighted by atomic mass is 32.2. The summed E-state index contributed by atoms with van der Waals surface area (Å²) in [4.78, 5) is 14.7. The Morgan fingerprint density at radius 2 is 1.88 bits per heavy atom. The molecule has 1 aliphatic rings. The van der Waals surface area contributed by atoms with Crippen molar-refractivity contribution in [1.82, 2.24) is 5.32 Å². The van der Waals surface area contributed by atoms with Crippen molar-refractivity contribution < 1.29 is 30.8 Å². The first-order valence-electron chi connectivity index (χ1n) is 9.84. The normalized spacial score (nSPS) is 17.2. The Kier molecular flexibility index (Phi) is 6.68. The number of aryl methyl sites for hydroxylation is 1. The van der Waals surface area contributed by atoms with E-state index >= 15 is 0 Å². The molecule has 11 heteroatoms. The number of halogens is 4. The number of anilines is 2. The van der Waals surface area contributed by atoms with Crippen LogP contribution in [-0.2, 0) is 16.2 Å². The Morgan fingerprint density at radius 3 is 2.50 bits per heavy atom. The SMILES string of the molecule is Cc1cc(F)ccc1N1CCCC(NC(=O)c2cc(NS(C)(=O)=O)cc(C(F)(F)F)c2)C1. The van der Waals surface area contributed by atoms with Gasteiger partial charge < -0.3 is 10.2 Å². The van der Waals surface area contributed by atoms with Gasteiger partial charge in [0.2, 0.25) is 10.0 Å². The smallest absolute Gasteiger partial charge is 0.369 e. The first-order chi connectivity index (χ1) is 14.8. The van der Waals surface area contributed by atoms with E-state index in [0.29, 0.717) is 31.6 Å². The molecule has 1 unspecified atom stereocenters. The first kappa shape index (κ1) is 23.8. The second-order valence-electron chi connectivity index (χ2n) is 7.86. The molecule has 0 bridgehead atoms. The fourth-order valence-electron chi connectivity index (χ4n) is 3.75. The Bertz CT molecular complexity index is 1120. The molecule has 2 aromatic carbocycles. The maximum absolute atomic E-state index is 13.4. The van der Waals surface area contributed by atoms with Gasteiger partial charge in [0.1, 0.15) is 5.82 Å². The molecular weight excluding hydrogens is 450 g/mol. The van der Waals surface area contributed by atoms with Gasteiger partial charge in [0, 0.05) is 36.1 Å². The summed E-state index contributed by atoms with van der Waals surface area (Å²) >= 11 is 0. The number of nitrogens with zero attached hydrogens (tertiary/aromatic N) is 1. The van der Waals surface area contributed by atoms with Crippen molar-refractivity contribution in [3.05, 3.63) is 58.9 Å². The molecule has 1 atom stereocenters. The number of amides is 1. The summed E-state index contributed by atoms with van der Waals surface area (Å²) in [5.74, 6) is -1.09. The number of benzene rings is 2. The first-order valence-corrected chi connectivity index (χ1v) is 11.7. The highest BCUT2D eigenvalue weighted by Gasteiger charge is 2.32. The summed E-state index contributed by atoms with van der Waals surface area (Å²) < 4.78 is 78.1. The second kappa shape index (κ2) is 8.97. The Balaban J connectivity index is 1.80. The molecule has 2 aromatic rings. The van der Waals surface area contributed by atoms with Gasteiger partial charge in [-0.15, -0.1) is 0 Å². The minimum absolute atomic E-state index is 0.305. The average molecular weight is 473 g/mol. The number of hydrogen-bond donors (Lipinski definition) is 2. The summed E-state index contributed by atoms with van der Waals surface area (Å²) in [5.41, 5.74) is -0.223. The van der Waals surface area contributed by atoms with Gasteiger partial charge >= 0.3 is 6.18 Å². The standard InChI is InChI=1S/C21H23F4N3O3S/c1-13-8-16(22)5-6-19(13)28-7-3-4-17(12-28)26-20(29)14-9-15(21(23,24)25)11-18(10-14)27-32(2,30)31/h5-6,8-11,17,27H,3-4,7,12H2,1-2H3,(H,26,29). The van der Waals surface area contributed by atoms with Crippen molar-refractivity contribution >= 4 is 27.3 Å². The van der Waals surface area contributed by atoms with Gasteiger partial charge in [-0.2, -0.15) is 13.2 Å². The van der Waals surface area contributed by atoms with Gasteiger partial charge in [0.15, 0.2) is 0 Å². The summed E-state index contributed by atoms with van der Waals surface area (Å²) in [7, 11) is -3.84. The molecule has 1 fully saturated rings. The summed E-state index contributed by atoms with van der Waals surface area (Å²) in [6, 6.07) is 6.47. The number of alkyl halides is 3. The van der Waals surface area contributed by atoms with E-state index in [1.807, 2.05) is 9.62 Å². The summed E-state index contributed by atoms with van der Waals surface area (Å²) in [6.07, 6.45) is -2.60. The Hall–Kier alpha value is -2.82. The van der Waals surface area contributed by atoms with Crippen LogP contribution in [0.5, 0.6) is 0 Å². The molecule has 1 saturated heterocycles. The third-order valence-corrected chi connectivity index (χ3v) is 5.69. The lowest BCUT2D eigenvalue weighted by molar-refractivity contribution is -0.137. The summed E-state index contributed by atoms with van der Waals surface area (Å²) in [5, 5.41) is 2.74. The van der Waals surface area contributed by atoms with Crippen LogP contribution < -0.4 is 14.9 Å². The van der Waals surface area contributed by atoms with Crippen molar-refractivity contribution in [3.63, 3.8) is 0 Å². The molecule has 2 N–H and O–H groups in total. The average Bonchev–Trinajstić information content (AvgIpc) is 2.66. The van der Waals surface area contributed by atoms with Gasteiger partial charge in [0.25, 0.3) is 5.91 Å². The predicted octanol–water partition coefficient (Wildman–Crippen LogP) is 3.92. The van der Waals surface area contributed by atoms with Crippen LogP contribution in [0.4, 0.5) is 28.9 Å². The molecule has 3 rings (SSSR count). The molecule has 0 spiro atoms. The number of rotatable bonds is 5. The number of carbonyl (C=O) groups excluding carboxylic acids is 1. The van der Waals surface area contributed by atoms with Crippen LogP contribution in [-0.4, -0.2) is 39.7 Å². The van der Waals surface area contributed by atoms with Crippen molar-refractivity contribution in [1.29, 1.82) is 0 Å². The third-order valence-electron chi connectivity index (χ3n) is 5.08. The van der Waals surface area contributed by atoms with Crippen LogP contribution in [0.15, 0.2) is 36.4 Å². The molecule has 174 valence electrons. The monoisotopic (exact) mass is 473 g/mol. The molecule has 6 nitrogen and oxygen atoms in total. The minimum Gasteiger partial charge on any atom is -0.369 e. The Morgan fingerprint density at radius 1 is 1.16 bits per heavy atom. The number of carbonyl (C=O) groups is 1. The van der Waals surface area contributed by atoms with Crippen LogP contribution in [0.25, 0.3) is 0 Å². The molecule has 0 saturated carbocycles. The molecule has 0 aliphatic carbocycles. The van der Waals surface area contributed by atoms with E-state index in [1.54, 1.807) is 13.0 Å². The topological polar surface area (TPSA) is 78.5 Å². The van der Waals surface area contributed by atoms with E-state index in [0.717, 1.165) is 30.0 Å². The van der Waals surface area contributed by atoms with Crippen molar-refractivity contribution in [2.24, 2.45) is 0 Å². The second-order valence-corrected chi connectivity index (χ2v) is 9.61. The number of hydrogen-bond acceptors (Lipinski definition) is 4. The van der Waals surface area contributed by atoms with E-state index in [9.17, 15) is 30.8 Å². The molecule has 1 aliphatic heterocycles. The van der Waals surface area contributed by atoms with E-state index < -0.39 is 27.7 Å². The number of sulfonamides is 1. The molecule has 0 aromatic heterocycles. The highest BCUT2D eigenvalue weighted by Crippen LogP contribution is 2.32. The van der Waals surface area contributed by atoms with Crippen LogP contribution in [0.1, 0.15) is 34.3 Å². The predicted molar refractivity (Wildman–Crippen MR) is 114 cm³/mol. The van der Waals surface area contributed by atoms with Gasteiger partial charge in [-0.25, -0.2) is 12.8 Å². The lowest BCUT2D eigenvalue weighted by atomic mass is 10.0.